The molecule has 9 heteroatoms. The van der Waals surface area contributed by atoms with Crippen LogP contribution in [0, 0.1) is 6.92 Å². The fraction of sp³-hybridized carbons (Fsp3) is 0.250. The van der Waals surface area contributed by atoms with Crippen LogP contribution in [0.2, 0.25) is 0 Å². The highest BCUT2D eigenvalue weighted by Crippen LogP contribution is 2.26. The van der Waals surface area contributed by atoms with Gasteiger partial charge in [-0.15, -0.1) is 0 Å². The number of ether oxygens (including phenoxy) is 1. The van der Waals surface area contributed by atoms with Crippen LogP contribution in [0.25, 0.3) is 0 Å². The van der Waals surface area contributed by atoms with Crippen molar-refractivity contribution >= 4 is 29.3 Å². The number of aliphatic carboxylic acids is 1. The van der Waals surface area contributed by atoms with Crippen LogP contribution in [0.1, 0.15) is 24.0 Å². The molecule has 0 aliphatic carbocycles. The average molecular weight is 505 g/mol. The van der Waals surface area contributed by atoms with Gasteiger partial charge >= 0.3 is 12.0 Å². The van der Waals surface area contributed by atoms with Gasteiger partial charge < -0.3 is 30.7 Å². The number of carbonyl (C=O) groups excluding carboxylic acids is 2. The summed E-state index contributed by atoms with van der Waals surface area (Å²) >= 11 is 0. The molecule has 0 atom stereocenters. The number of methoxy groups -OCH3 is 1. The molecule has 37 heavy (non-hydrogen) atoms. The number of hydrogen-bond donors (Lipinski definition) is 4. The van der Waals surface area contributed by atoms with Crippen molar-refractivity contribution in [1.82, 2.24) is 10.2 Å². The zero-order valence-electron chi connectivity index (χ0n) is 21.0. The van der Waals surface area contributed by atoms with Gasteiger partial charge in [-0.3, -0.25) is 9.59 Å². The number of rotatable bonds is 11. The fourth-order valence-electron chi connectivity index (χ4n) is 3.64. The smallest absolute Gasteiger partial charge is 0.323 e. The van der Waals surface area contributed by atoms with E-state index in [2.05, 4.69) is 16.0 Å². The number of nitrogens with one attached hydrogen (secondary N) is 3. The highest BCUT2D eigenvalue weighted by atomic mass is 16.5. The Hall–Kier alpha value is -4.53. The van der Waals surface area contributed by atoms with Crippen LogP contribution in [0.15, 0.2) is 78.7 Å². The summed E-state index contributed by atoms with van der Waals surface area (Å²) < 4.78 is 5.43. The van der Waals surface area contributed by atoms with Gasteiger partial charge in [0.2, 0.25) is 5.91 Å². The van der Waals surface area contributed by atoms with E-state index in [0.717, 1.165) is 16.7 Å². The number of para-hydroxylation sites is 1. The second-order valence-corrected chi connectivity index (χ2v) is 8.52. The topological polar surface area (TPSA) is 120 Å². The van der Waals surface area contributed by atoms with Gasteiger partial charge in [0.15, 0.2) is 0 Å². The van der Waals surface area contributed by atoms with E-state index in [1.54, 1.807) is 18.2 Å². The highest BCUT2D eigenvalue weighted by molar-refractivity contribution is 6.01. The maximum atomic E-state index is 12.5. The van der Waals surface area contributed by atoms with Crippen LogP contribution in [0.5, 0.6) is 5.75 Å². The number of benzene rings is 2. The van der Waals surface area contributed by atoms with Gasteiger partial charge in [0.05, 0.1) is 19.2 Å². The summed E-state index contributed by atoms with van der Waals surface area (Å²) in [5.41, 5.74) is 3.82. The molecule has 2 aromatic carbocycles. The Morgan fingerprint density at radius 1 is 1.03 bits per heavy atom. The van der Waals surface area contributed by atoms with Crippen LogP contribution >= 0.6 is 0 Å². The number of carbonyl (C=O) groups is 3. The number of carboxylic acid groups (broad SMARTS) is 1. The predicted octanol–water partition coefficient (Wildman–Crippen LogP) is 4.44. The fourth-order valence-corrected chi connectivity index (χ4v) is 3.64. The number of carboxylic acids is 1. The van der Waals surface area contributed by atoms with E-state index < -0.39 is 12.0 Å². The Bertz CT molecular complexity index is 1220. The summed E-state index contributed by atoms with van der Waals surface area (Å²) in [5.74, 6) is -0.509. The molecule has 1 aliphatic heterocycles. The molecular weight excluding hydrogens is 472 g/mol. The molecule has 1 aliphatic rings. The molecule has 3 amide bonds. The number of nitrogens with zero attached hydrogens (tertiary/aromatic N) is 1. The Morgan fingerprint density at radius 3 is 2.57 bits per heavy atom. The third kappa shape index (κ3) is 8.88. The Balaban J connectivity index is 1.50. The van der Waals surface area contributed by atoms with Crippen LogP contribution in [-0.4, -0.2) is 48.1 Å². The third-order valence-corrected chi connectivity index (χ3v) is 5.64. The third-order valence-electron chi connectivity index (χ3n) is 5.64. The van der Waals surface area contributed by atoms with Gasteiger partial charge in [0.25, 0.3) is 0 Å². The Labute approximate surface area is 216 Å². The van der Waals surface area contributed by atoms with Gasteiger partial charge in [0, 0.05) is 37.6 Å². The lowest BCUT2D eigenvalue weighted by Crippen LogP contribution is -2.27. The molecule has 3 rings (SSSR count). The summed E-state index contributed by atoms with van der Waals surface area (Å²) in [4.78, 5) is 37.6. The second kappa shape index (κ2) is 13.5. The van der Waals surface area contributed by atoms with Crippen LogP contribution < -0.4 is 20.7 Å². The maximum Gasteiger partial charge on any atom is 0.323 e. The van der Waals surface area contributed by atoms with Crippen molar-refractivity contribution in [2.24, 2.45) is 0 Å². The molecule has 194 valence electrons. The number of aryl methyl sites for hydroxylation is 1. The number of allylic oxidation sites excluding steroid dienone is 2. The zero-order valence-corrected chi connectivity index (χ0v) is 21.0. The van der Waals surface area contributed by atoms with Crippen molar-refractivity contribution < 1.29 is 24.2 Å². The van der Waals surface area contributed by atoms with Gasteiger partial charge in [-0.05, 0) is 60.4 Å². The van der Waals surface area contributed by atoms with Crippen molar-refractivity contribution in [3.05, 3.63) is 89.8 Å². The lowest BCUT2D eigenvalue weighted by atomic mass is 10.1. The van der Waals surface area contributed by atoms with Gasteiger partial charge in [-0.2, -0.15) is 0 Å². The maximum absolute atomic E-state index is 12.5. The van der Waals surface area contributed by atoms with Crippen molar-refractivity contribution in [2.75, 3.05) is 30.8 Å². The number of anilines is 2. The highest BCUT2D eigenvalue weighted by Gasteiger charge is 2.12. The molecule has 0 saturated carbocycles. The molecule has 0 unspecified atom stereocenters. The molecule has 0 spiro atoms. The summed E-state index contributed by atoms with van der Waals surface area (Å²) in [6.45, 7) is 2.88. The summed E-state index contributed by atoms with van der Waals surface area (Å²) in [6.07, 6.45) is 10.2. The standard InChI is InChI=1S/C28H32N4O5/c1-20-7-3-4-9-23(20)30-28(36)31-24-12-11-22(17-25(24)37-2)18-26(33)29-19-21-8-5-14-32(16-13-21)15-6-10-27(34)35/h3-5,7-9,11-14,16-17H,6,10,15,18-19H2,1-2H3,(H,29,33)(H,34,35)(H2,30,31,36). The van der Waals surface area contributed by atoms with Gasteiger partial charge in [0.1, 0.15) is 5.75 Å². The average Bonchev–Trinajstić information content (AvgIpc) is 3.10. The molecule has 0 saturated heterocycles. The van der Waals surface area contributed by atoms with E-state index in [-0.39, 0.29) is 18.7 Å². The molecular formula is C28H32N4O5. The molecule has 2 aromatic rings. The Morgan fingerprint density at radius 2 is 1.81 bits per heavy atom. The van der Waals surface area contributed by atoms with Crippen LogP contribution in [0.4, 0.5) is 16.2 Å². The summed E-state index contributed by atoms with van der Waals surface area (Å²) in [5, 5.41) is 17.3. The van der Waals surface area contributed by atoms with Crippen molar-refractivity contribution in [3.63, 3.8) is 0 Å². The van der Waals surface area contributed by atoms with Crippen molar-refractivity contribution in [3.8, 4) is 5.75 Å². The van der Waals surface area contributed by atoms with Gasteiger partial charge in [-0.25, -0.2) is 4.79 Å². The first-order valence-electron chi connectivity index (χ1n) is 11.9. The Kier molecular flexibility index (Phi) is 9.90. The molecule has 0 bridgehead atoms. The van der Waals surface area contributed by atoms with E-state index in [0.29, 0.717) is 36.6 Å². The van der Waals surface area contributed by atoms with E-state index >= 15 is 0 Å². The van der Waals surface area contributed by atoms with Crippen LogP contribution in [-0.2, 0) is 16.0 Å². The molecule has 4 N–H and O–H groups in total. The summed E-state index contributed by atoms with van der Waals surface area (Å²) in [6, 6.07) is 12.3. The van der Waals surface area contributed by atoms with E-state index in [1.165, 1.54) is 7.11 Å². The number of hydrogen-bond acceptors (Lipinski definition) is 5. The minimum absolute atomic E-state index is 0.122. The molecule has 0 radical (unpaired) electrons. The lowest BCUT2D eigenvalue weighted by molar-refractivity contribution is -0.137. The minimum atomic E-state index is -0.809. The van der Waals surface area contributed by atoms with Crippen LogP contribution in [0.3, 0.4) is 0 Å². The second-order valence-electron chi connectivity index (χ2n) is 8.52. The van der Waals surface area contributed by atoms with E-state index in [4.69, 9.17) is 9.84 Å². The normalized spacial score (nSPS) is 12.4. The largest absolute Gasteiger partial charge is 0.495 e. The summed E-state index contributed by atoms with van der Waals surface area (Å²) in [7, 11) is 1.51. The molecule has 9 nitrogen and oxygen atoms in total. The lowest BCUT2D eigenvalue weighted by Gasteiger charge is -2.14. The molecule has 0 fully saturated rings. The quantitative estimate of drug-likeness (QED) is 0.359. The first kappa shape index (κ1) is 27.1. The van der Waals surface area contributed by atoms with E-state index in [9.17, 15) is 14.4 Å². The molecule has 1 heterocycles. The first-order valence-corrected chi connectivity index (χ1v) is 11.9. The van der Waals surface area contributed by atoms with E-state index in [1.807, 2.05) is 66.7 Å². The predicted molar refractivity (Wildman–Crippen MR) is 143 cm³/mol. The zero-order chi connectivity index (χ0) is 26.6. The molecule has 0 aromatic heterocycles. The van der Waals surface area contributed by atoms with Gasteiger partial charge in [-0.1, -0.05) is 30.3 Å². The SMILES string of the molecule is COc1cc(CC(=O)NCC2=CC=CN(CCCC(=O)O)C=C2)ccc1NC(=O)Nc1ccccc1C. The van der Waals surface area contributed by atoms with Crippen molar-refractivity contribution in [2.45, 2.75) is 26.2 Å². The van der Waals surface area contributed by atoms with Crippen molar-refractivity contribution in [1.29, 1.82) is 0 Å². The first-order chi connectivity index (χ1) is 17.8. The number of urea groups is 1. The number of amides is 3. The minimum Gasteiger partial charge on any atom is -0.495 e. The monoisotopic (exact) mass is 504 g/mol.